The fourth-order valence-corrected chi connectivity index (χ4v) is 10.0. The van der Waals surface area contributed by atoms with Gasteiger partial charge in [-0.1, -0.05) is 72.6 Å². The Bertz CT molecular complexity index is 2330. The molecule has 6 unspecified atom stereocenters. The zero-order valence-corrected chi connectivity index (χ0v) is 36.0. The van der Waals surface area contributed by atoms with E-state index in [4.69, 9.17) is 38.4 Å². The van der Waals surface area contributed by atoms with Crippen LogP contribution in [0.1, 0.15) is 68.4 Å². The molecule has 0 spiro atoms. The Labute approximate surface area is 369 Å². The lowest BCUT2D eigenvalue weighted by Crippen LogP contribution is -2.70. The molecule has 1 amide bonds. The number of ether oxygens (including phenoxy) is 6. The molecule has 4 aromatic rings. The fourth-order valence-electron chi connectivity index (χ4n) is 10.0. The number of nitrogens with zero attached hydrogens (tertiary/aromatic N) is 2. The molecule has 0 radical (unpaired) electrons. The lowest BCUT2D eigenvalue weighted by Gasteiger charge is -2.59. The first-order valence-electron chi connectivity index (χ1n) is 22.1. The summed E-state index contributed by atoms with van der Waals surface area (Å²) in [6.45, 7) is 8.57. The SMILES string of the molecule is C=CCCOC(=O)N(Cc1ccc2c(c1)OCO2)C1CC(=NOC)C2=CC(CCCCO)C(CCCCO)C3c4cc(Oc5ccc6ccccc6c5)ccc4OC1(OCC=C)C23. The maximum Gasteiger partial charge on any atom is 0.410 e. The first kappa shape index (κ1) is 43.8. The van der Waals surface area contributed by atoms with Gasteiger partial charge in [-0.25, -0.2) is 4.79 Å². The molecule has 12 nitrogen and oxygen atoms in total. The number of benzene rings is 4. The van der Waals surface area contributed by atoms with Crippen molar-refractivity contribution in [1.82, 2.24) is 4.90 Å². The molecule has 332 valence electrons. The van der Waals surface area contributed by atoms with E-state index in [0.717, 1.165) is 53.2 Å². The second kappa shape index (κ2) is 20.1. The molecule has 2 aliphatic heterocycles. The third-order valence-corrected chi connectivity index (χ3v) is 12.8. The highest BCUT2D eigenvalue weighted by Crippen LogP contribution is 2.62. The van der Waals surface area contributed by atoms with E-state index in [-0.39, 0.29) is 63.9 Å². The summed E-state index contributed by atoms with van der Waals surface area (Å²) in [7, 11) is 1.53. The largest absolute Gasteiger partial charge is 0.459 e. The monoisotopic (exact) mass is 858 g/mol. The zero-order chi connectivity index (χ0) is 43.8. The van der Waals surface area contributed by atoms with E-state index in [2.05, 4.69) is 43.5 Å². The number of oxime groups is 1. The molecule has 8 rings (SSSR count). The van der Waals surface area contributed by atoms with Gasteiger partial charge >= 0.3 is 6.09 Å². The van der Waals surface area contributed by atoms with E-state index in [1.165, 1.54) is 7.11 Å². The van der Waals surface area contributed by atoms with Crippen molar-refractivity contribution in [2.45, 2.75) is 75.7 Å². The molecule has 12 heteroatoms. The van der Waals surface area contributed by atoms with Crippen LogP contribution < -0.4 is 18.9 Å². The fraction of sp³-hybridized carbons (Fsp3) is 0.412. The van der Waals surface area contributed by atoms with Crippen LogP contribution in [-0.4, -0.2) is 79.1 Å². The Morgan fingerprint density at radius 2 is 1.65 bits per heavy atom. The Morgan fingerprint density at radius 1 is 0.889 bits per heavy atom. The number of hydrogen-bond donors (Lipinski definition) is 2. The van der Waals surface area contributed by atoms with Gasteiger partial charge in [-0.05, 0) is 108 Å². The van der Waals surface area contributed by atoms with Crippen molar-refractivity contribution in [2.75, 3.05) is 40.3 Å². The third-order valence-electron chi connectivity index (χ3n) is 12.8. The number of amides is 1. The van der Waals surface area contributed by atoms with Crippen molar-refractivity contribution in [3.63, 3.8) is 0 Å². The van der Waals surface area contributed by atoms with E-state index in [9.17, 15) is 15.0 Å². The van der Waals surface area contributed by atoms with Gasteiger partial charge in [0.15, 0.2) is 11.5 Å². The van der Waals surface area contributed by atoms with E-state index in [1.54, 1.807) is 17.1 Å². The number of unbranched alkanes of at least 4 members (excludes halogenated alkanes) is 2. The molecular formula is C51H58N2O10. The molecule has 4 aliphatic rings. The zero-order valence-electron chi connectivity index (χ0n) is 36.0. The van der Waals surface area contributed by atoms with Gasteiger partial charge < -0.3 is 43.5 Å². The van der Waals surface area contributed by atoms with Crippen LogP contribution in [0, 0.1) is 17.8 Å². The van der Waals surface area contributed by atoms with Crippen LogP contribution in [0.4, 0.5) is 4.79 Å². The minimum atomic E-state index is -1.47. The molecule has 2 aliphatic carbocycles. The average molecular weight is 859 g/mol. The first-order chi connectivity index (χ1) is 30.9. The maximum atomic E-state index is 14.7. The van der Waals surface area contributed by atoms with Gasteiger partial charge in [-0.3, -0.25) is 4.90 Å². The molecule has 1 saturated carbocycles. The number of rotatable bonds is 20. The van der Waals surface area contributed by atoms with Crippen molar-refractivity contribution in [2.24, 2.45) is 22.9 Å². The summed E-state index contributed by atoms with van der Waals surface area (Å²) in [6.07, 6.45) is 10.5. The summed E-state index contributed by atoms with van der Waals surface area (Å²) in [4.78, 5) is 22.0. The Morgan fingerprint density at radius 3 is 2.44 bits per heavy atom. The summed E-state index contributed by atoms with van der Waals surface area (Å²) in [5, 5.41) is 26.8. The standard InChI is InChI=1S/C51H58N2O10/c1-4-6-26-58-50(56)53(32-34-17-21-45-46(27-34)60-33-59-45)47-31-43(52-57-3)41-29-37(15-9-11-23-54)40(16-10-12-24-55)48-42-30-39(62-38-19-18-35-13-7-8-14-36(35)28-38)20-22-44(42)63-51(47,49(41)48)61-25-5-2/h4-5,7-8,13-14,17-22,27-30,37,40,47-49,54-55H,1-2,6,9-12,15-16,23-26,31-33H2,3H3. The summed E-state index contributed by atoms with van der Waals surface area (Å²) in [5.41, 5.74) is 3.37. The molecule has 4 aromatic carbocycles. The predicted octanol–water partition coefficient (Wildman–Crippen LogP) is 9.84. The second-order valence-corrected chi connectivity index (χ2v) is 16.6. The molecular weight excluding hydrogens is 801 g/mol. The average Bonchev–Trinajstić information content (AvgIpc) is 3.77. The number of carbonyl (C=O) groups excluding carboxylic acids is 1. The Hall–Kier alpha value is -5.82. The molecule has 63 heavy (non-hydrogen) atoms. The number of aliphatic hydroxyl groups is 2. The predicted molar refractivity (Wildman–Crippen MR) is 240 cm³/mol. The van der Waals surface area contributed by atoms with Crippen LogP contribution in [0.2, 0.25) is 0 Å². The highest BCUT2D eigenvalue weighted by Gasteiger charge is 2.65. The highest BCUT2D eigenvalue weighted by atomic mass is 16.7. The molecule has 6 atom stereocenters. The Balaban J connectivity index is 1.31. The lowest BCUT2D eigenvalue weighted by atomic mass is 9.55. The van der Waals surface area contributed by atoms with Crippen LogP contribution in [-0.2, 0) is 20.9 Å². The van der Waals surface area contributed by atoms with Crippen molar-refractivity contribution in [3.8, 4) is 28.7 Å². The van der Waals surface area contributed by atoms with Crippen LogP contribution in [0.25, 0.3) is 10.8 Å². The van der Waals surface area contributed by atoms with Gasteiger partial charge in [0.1, 0.15) is 30.4 Å². The summed E-state index contributed by atoms with van der Waals surface area (Å²) < 4.78 is 38.5. The van der Waals surface area contributed by atoms with Crippen LogP contribution in [0.5, 0.6) is 28.7 Å². The van der Waals surface area contributed by atoms with Crippen molar-refractivity contribution < 1.29 is 48.3 Å². The van der Waals surface area contributed by atoms with Crippen LogP contribution in [0.15, 0.2) is 121 Å². The number of fused-ring (bicyclic) bond motifs is 4. The smallest absolute Gasteiger partial charge is 0.410 e. The van der Waals surface area contributed by atoms with Gasteiger partial charge in [0, 0.05) is 37.7 Å². The molecule has 0 bridgehead atoms. The molecule has 2 heterocycles. The molecule has 1 fully saturated rings. The second-order valence-electron chi connectivity index (χ2n) is 16.6. The third kappa shape index (κ3) is 9.16. The van der Waals surface area contributed by atoms with E-state index < -0.39 is 23.8 Å². The van der Waals surface area contributed by atoms with Gasteiger partial charge in [0.2, 0.25) is 12.6 Å². The Kier molecular flexibility index (Phi) is 14.0. The van der Waals surface area contributed by atoms with E-state index in [0.29, 0.717) is 53.7 Å². The first-order valence-corrected chi connectivity index (χ1v) is 22.1. The van der Waals surface area contributed by atoms with Gasteiger partial charge in [-0.15, -0.1) is 13.2 Å². The normalized spacial score (nSPS) is 23.5. The van der Waals surface area contributed by atoms with Crippen molar-refractivity contribution in [1.29, 1.82) is 0 Å². The molecule has 0 aromatic heterocycles. The van der Waals surface area contributed by atoms with Gasteiger partial charge in [-0.2, -0.15) is 0 Å². The minimum Gasteiger partial charge on any atom is -0.459 e. The van der Waals surface area contributed by atoms with E-state index in [1.807, 2.05) is 54.6 Å². The number of aliphatic hydroxyl groups excluding tert-OH is 2. The highest BCUT2D eigenvalue weighted by molar-refractivity contribution is 6.03. The molecule has 2 N–H and O–H groups in total. The summed E-state index contributed by atoms with van der Waals surface area (Å²) >= 11 is 0. The maximum absolute atomic E-state index is 14.7. The minimum absolute atomic E-state index is 0.0404. The van der Waals surface area contributed by atoms with Crippen molar-refractivity contribution >= 4 is 22.6 Å². The number of allylic oxidation sites excluding steroid dienone is 1. The summed E-state index contributed by atoms with van der Waals surface area (Å²) in [6, 6.07) is 25.1. The molecule has 0 saturated heterocycles. The van der Waals surface area contributed by atoms with Gasteiger partial charge in [0.05, 0.1) is 24.8 Å². The number of carbonyl (C=O) groups is 1. The summed E-state index contributed by atoms with van der Waals surface area (Å²) in [5.74, 6) is 1.13. The van der Waals surface area contributed by atoms with Gasteiger partial charge in [0.25, 0.3) is 0 Å². The van der Waals surface area contributed by atoms with Crippen molar-refractivity contribution in [3.05, 3.63) is 127 Å². The van der Waals surface area contributed by atoms with E-state index >= 15 is 0 Å². The topological polar surface area (TPSA) is 138 Å². The quantitative estimate of drug-likeness (QED) is 0.0502. The van der Waals surface area contributed by atoms with Crippen LogP contribution in [0.3, 0.4) is 0 Å². The number of hydrogen-bond acceptors (Lipinski definition) is 11. The van der Waals surface area contributed by atoms with Crippen LogP contribution >= 0.6 is 0 Å². The lowest BCUT2D eigenvalue weighted by molar-refractivity contribution is -0.256.